The van der Waals surface area contributed by atoms with Gasteiger partial charge < -0.3 is 11.1 Å². The molecule has 1 aromatic heterocycles. The minimum Gasteiger partial charge on any atom is -0.366 e. The number of pyridine rings is 1. The maximum Gasteiger partial charge on any atom is 0.290 e. The van der Waals surface area contributed by atoms with E-state index >= 15 is 0 Å². The van der Waals surface area contributed by atoms with Crippen molar-refractivity contribution in [2.45, 2.75) is 51.1 Å². The first-order valence-corrected chi connectivity index (χ1v) is 6.71. The van der Waals surface area contributed by atoms with Crippen LogP contribution in [-0.2, 0) is 0 Å². The van der Waals surface area contributed by atoms with Gasteiger partial charge in [-0.25, -0.2) is 4.98 Å². The van der Waals surface area contributed by atoms with Crippen LogP contribution in [0.2, 0.25) is 0 Å². The van der Waals surface area contributed by atoms with Gasteiger partial charge in [0.15, 0.2) is 0 Å². The van der Waals surface area contributed by atoms with Crippen LogP contribution in [0.15, 0.2) is 12.3 Å². The number of aromatic nitrogens is 1. The van der Waals surface area contributed by atoms with Gasteiger partial charge >= 0.3 is 0 Å². The van der Waals surface area contributed by atoms with Gasteiger partial charge in [0, 0.05) is 17.6 Å². The van der Waals surface area contributed by atoms with Crippen molar-refractivity contribution in [2.24, 2.45) is 5.73 Å². The Morgan fingerprint density at radius 1 is 1.42 bits per heavy atom. The first kappa shape index (κ1) is 13.7. The molecule has 104 valence electrons. The largest absolute Gasteiger partial charge is 0.366 e. The zero-order chi connectivity index (χ0) is 13.8. The summed E-state index contributed by atoms with van der Waals surface area (Å²) in [5.41, 5.74) is 6.81. The summed E-state index contributed by atoms with van der Waals surface area (Å²) in [6, 6.07) is 2.05. The van der Waals surface area contributed by atoms with Crippen molar-refractivity contribution >= 4 is 11.5 Å². The lowest BCUT2D eigenvalue weighted by Crippen LogP contribution is -2.39. The first-order chi connectivity index (χ1) is 9.08. The van der Waals surface area contributed by atoms with E-state index in [0.29, 0.717) is 11.4 Å². The van der Waals surface area contributed by atoms with Crippen LogP contribution in [0.4, 0.5) is 11.5 Å². The number of hydrogen-bond acceptors (Lipinski definition) is 5. The zero-order valence-electron chi connectivity index (χ0n) is 11.1. The van der Waals surface area contributed by atoms with Gasteiger partial charge in [-0.1, -0.05) is 19.3 Å². The lowest BCUT2D eigenvalue weighted by molar-refractivity contribution is -0.385. The molecule has 0 aromatic carbocycles. The molecule has 1 aliphatic rings. The molecule has 0 bridgehead atoms. The average Bonchev–Trinajstić information content (AvgIpc) is 2.55. The normalized spacial score (nSPS) is 23.7. The fraction of sp³-hybridized carbons (Fsp3) is 0.615. The summed E-state index contributed by atoms with van der Waals surface area (Å²) in [5, 5.41) is 14.1. The van der Waals surface area contributed by atoms with Crippen molar-refractivity contribution in [3.05, 3.63) is 27.9 Å². The lowest BCUT2D eigenvalue weighted by Gasteiger charge is -2.23. The smallest absolute Gasteiger partial charge is 0.290 e. The van der Waals surface area contributed by atoms with Crippen molar-refractivity contribution in [2.75, 3.05) is 5.32 Å². The highest BCUT2D eigenvalue weighted by Crippen LogP contribution is 2.23. The Bertz CT molecular complexity index is 464. The number of anilines is 1. The fourth-order valence-corrected chi connectivity index (χ4v) is 2.52. The molecule has 3 N–H and O–H groups in total. The summed E-state index contributed by atoms with van der Waals surface area (Å²) in [6.45, 7) is 1.72. The molecule has 1 heterocycles. The van der Waals surface area contributed by atoms with Gasteiger partial charge in [-0.15, -0.1) is 0 Å². The molecular formula is C13H20N4O2. The Morgan fingerprint density at radius 2 is 2.16 bits per heavy atom. The third-order valence-electron chi connectivity index (χ3n) is 3.68. The summed E-state index contributed by atoms with van der Waals surface area (Å²) >= 11 is 0. The first-order valence-electron chi connectivity index (χ1n) is 6.71. The van der Waals surface area contributed by atoms with Gasteiger partial charge in [0.05, 0.1) is 4.92 Å². The lowest BCUT2D eigenvalue weighted by atomic mass is 10.0. The molecule has 0 amide bonds. The van der Waals surface area contributed by atoms with Crippen molar-refractivity contribution in [3.63, 3.8) is 0 Å². The third kappa shape index (κ3) is 3.41. The van der Waals surface area contributed by atoms with E-state index in [0.717, 1.165) is 19.3 Å². The molecule has 6 heteroatoms. The summed E-state index contributed by atoms with van der Waals surface area (Å²) in [4.78, 5) is 14.4. The van der Waals surface area contributed by atoms with Crippen LogP contribution in [-0.4, -0.2) is 22.0 Å². The number of nitrogens with one attached hydrogen (secondary N) is 1. The fourth-order valence-electron chi connectivity index (χ4n) is 2.52. The van der Waals surface area contributed by atoms with E-state index in [1.54, 1.807) is 13.0 Å². The van der Waals surface area contributed by atoms with E-state index in [2.05, 4.69) is 10.3 Å². The van der Waals surface area contributed by atoms with Gasteiger partial charge in [0.1, 0.15) is 12.0 Å². The van der Waals surface area contributed by atoms with Crippen LogP contribution in [0, 0.1) is 17.0 Å². The van der Waals surface area contributed by atoms with Gasteiger partial charge in [-0.3, -0.25) is 10.1 Å². The van der Waals surface area contributed by atoms with E-state index in [1.807, 2.05) is 0 Å². The monoisotopic (exact) mass is 264 g/mol. The molecule has 2 rings (SSSR count). The second kappa shape index (κ2) is 5.97. The predicted molar refractivity (Wildman–Crippen MR) is 74.1 cm³/mol. The highest BCUT2D eigenvalue weighted by Gasteiger charge is 2.21. The molecule has 0 saturated heterocycles. The third-order valence-corrected chi connectivity index (χ3v) is 3.68. The van der Waals surface area contributed by atoms with Gasteiger partial charge in [0.25, 0.3) is 5.69 Å². The Kier molecular flexibility index (Phi) is 4.31. The van der Waals surface area contributed by atoms with E-state index in [4.69, 9.17) is 5.73 Å². The summed E-state index contributed by atoms with van der Waals surface area (Å²) in [7, 11) is 0. The molecule has 1 aromatic rings. The Hall–Kier alpha value is -1.69. The topological polar surface area (TPSA) is 94.1 Å². The quantitative estimate of drug-likeness (QED) is 0.496. The molecule has 0 spiro atoms. The molecule has 19 heavy (non-hydrogen) atoms. The second-order valence-electron chi connectivity index (χ2n) is 5.17. The minimum absolute atomic E-state index is 0.0516. The van der Waals surface area contributed by atoms with Crippen molar-refractivity contribution in [3.8, 4) is 0 Å². The van der Waals surface area contributed by atoms with Gasteiger partial charge in [-0.2, -0.15) is 0 Å². The number of nitrogens with two attached hydrogens (primary N) is 1. The molecule has 0 radical (unpaired) electrons. The predicted octanol–water partition coefficient (Wildman–Crippen LogP) is 2.37. The Labute approximate surface area is 112 Å². The SMILES string of the molecule is Cc1cc(NC2CCCCCC2N)ncc1[N+](=O)[O-]. The molecule has 2 unspecified atom stereocenters. The number of hydrogen-bond donors (Lipinski definition) is 2. The molecule has 1 aliphatic carbocycles. The summed E-state index contributed by atoms with van der Waals surface area (Å²) in [6.07, 6.45) is 6.91. The van der Waals surface area contributed by atoms with Crippen molar-refractivity contribution in [1.82, 2.24) is 4.98 Å². The number of nitro groups is 1. The maximum absolute atomic E-state index is 10.7. The van der Waals surface area contributed by atoms with E-state index in [1.165, 1.54) is 19.0 Å². The Morgan fingerprint density at radius 3 is 2.84 bits per heavy atom. The average molecular weight is 264 g/mol. The van der Waals surface area contributed by atoms with Crippen LogP contribution in [0.25, 0.3) is 0 Å². The molecule has 2 atom stereocenters. The minimum atomic E-state index is -0.413. The van der Waals surface area contributed by atoms with Crippen LogP contribution in [0.1, 0.15) is 37.7 Å². The van der Waals surface area contributed by atoms with Crippen molar-refractivity contribution < 1.29 is 4.92 Å². The molecule has 1 fully saturated rings. The number of rotatable bonds is 3. The second-order valence-corrected chi connectivity index (χ2v) is 5.17. The molecular weight excluding hydrogens is 244 g/mol. The maximum atomic E-state index is 10.7. The van der Waals surface area contributed by atoms with Crippen LogP contribution >= 0.6 is 0 Å². The summed E-state index contributed by atoms with van der Waals surface area (Å²) in [5.74, 6) is 0.672. The van der Waals surface area contributed by atoms with Crippen LogP contribution < -0.4 is 11.1 Å². The highest BCUT2D eigenvalue weighted by atomic mass is 16.6. The summed E-state index contributed by atoms with van der Waals surface area (Å²) < 4.78 is 0. The number of nitrogens with zero attached hydrogens (tertiary/aromatic N) is 2. The Balaban J connectivity index is 2.10. The van der Waals surface area contributed by atoms with Gasteiger partial charge in [0.2, 0.25) is 0 Å². The van der Waals surface area contributed by atoms with Crippen LogP contribution in [0.3, 0.4) is 0 Å². The van der Waals surface area contributed by atoms with Crippen molar-refractivity contribution in [1.29, 1.82) is 0 Å². The van der Waals surface area contributed by atoms with E-state index in [9.17, 15) is 10.1 Å². The van der Waals surface area contributed by atoms with Crippen LogP contribution in [0.5, 0.6) is 0 Å². The van der Waals surface area contributed by atoms with E-state index < -0.39 is 4.92 Å². The molecule has 6 nitrogen and oxygen atoms in total. The molecule has 0 aliphatic heterocycles. The van der Waals surface area contributed by atoms with E-state index in [-0.39, 0.29) is 17.8 Å². The standard InChI is InChI=1S/C13H20N4O2/c1-9-7-13(15-8-12(9)17(18)19)16-11-6-4-2-3-5-10(11)14/h7-8,10-11H,2-6,14H2,1H3,(H,15,16). The number of aryl methyl sites for hydroxylation is 1. The highest BCUT2D eigenvalue weighted by molar-refractivity contribution is 5.47. The molecule has 1 saturated carbocycles. The zero-order valence-corrected chi connectivity index (χ0v) is 11.1. The van der Waals surface area contributed by atoms with Gasteiger partial charge in [-0.05, 0) is 25.8 Å².